The fourth-order valence-corrected chi connectivity index (χ4v) is 3.89. The van der Waals surface area contributed by atoms with Crippen LogP contribution in [0.3, 0.4) is 0 Å². The van der Waals surface area contributed by atoms with E-state index < -0.39 is 0 Å². The fraction of sp³-hybridized carbons (Fsp3) is 0.538. The summed E-state index contributed by atoms with van der Waals surface area (Å²) < 4.78 is 5.27. The van der Waals surface area contributed by atoms with Gasteiger partial charge in [-0.2, -0.15) is 0 Å². The molecular weight excluding hydrogens is 416 g/mol. The van der Waals surface area contributed by atoms with E-state index in [4.69, 9.17) is 19.4 Å². The fourth-order valence-electron chi connectivity index (χ4n) is 3.89. The number of ether oxygens (including phenoxy) is 1. The molecule has 7 heteroatoms. The van der Waals surface area contributed by atoms with E-state index >= 15 is 0 Å². The van der Waals surface area contributed by atoms with Gasteiger partial charge in [0.1, 0.15) is 24.6 Å². The Morgan fingerprint density at radius 2 is 1.79 bits per heavy atom. The SMILES string of the molecule is COCc1cc(C)c2c(n1)/C(=N/OCC(C)(C)CO/N=C(\C)c1cc(C)cc(C)n1)CCC2. The molecule has 0 saturated carbocycles. The molecule has 0 atom stereocenters. The van der Waals surface area contributed by atoms with E-state index in [2.05, 4.69) is 42.1 Å². The van der Waals surface area contributed by atoms with Gasteiger partial charge in [-0.05, 0) is 81.8 Å². The molecular formula is C26H36N4O3. The highest BCUT2D eigenvalue weighted by Gasteiger charge is 2.23. The normalized spacial score (nSPS) is 15.5. The summed E-state index contributed by atoms with van der Waals surface area (Å²) in [7, 11) is 1.68. The Kier molecular flexibility index (Phi) is 8.19. The molecule has 2 aromatic rings. The lowest BCUT2D eigenvalue weighted by atomic mass is 9.91. The molecule has 0 fully saturated rings. The van der Waals surface area contributed by atoms with Gasteiger partial charge in [0, 0.05) is 18.2 Å². The largest absolute Gasteiger partial charge is 0.395 e. The molecule has 178 valence electrons. The van der Waals surface area contributed by atoms with Crippen molar-refractivity contribution in [3.63, 3.8) is 0 Å². The van der Waals surface area contributed by atoms with Gasteiger partial charge in [0.15, 0.2) is 0 Å². The Morgan fingerprint density at radius 3 is 2.52 bits per heavy atom. The number of fused-ring (bicyclic) bond motifs is 1. The van der Waals surface area contributed by atoms with Crippen molar-refractivity contribution in [3.05, 3.63) is 57.7 Å². The third-order valence-electron chi connectivity index (χ3n) is 5.56. The number of nitrogens with zero attached hydrogens (tertiary/aromatic N) is 4. The van der Waals surface area contributed by atoms with Crippen LogP contribution in [-0.2, 0) is 27.4 Å². The van der Waals surface area contributed by atoms with Crippen LogP contribution in [0, 0.1) is 26.2 Å². The van der Waals surface area contributed by atoms with Crippen LogP contribution < -0.4 is 0 Å². The number of rotatable bonds is 9. The number of hydrogen-bond acceptors (Lipinski definition) is 7. The molecule has 0 aromatic carbocycles. The Hall–Kier alpha value is -2.80. The molecule has 0 aliphatic heterocycles. The van der Waals surface area contributed by atoms with Crippen LogP contribution in [-0.4, -0.2) is 41.7 Å². The highest BCUT2D eigenvalue weighted by molar-refractivity contribution is 6.01. The zero-order chi connectivity index (χ0) is 24.0. The van der Waals surface area contributed by atoms with Crippen LogP contribution >= 0.6 is 0 Å². The van der Waals surface area contributed by atoms with E-state index in [1.807, 2.05) is 32.9 Å². The summed E-state index contributed by atoms with van der Waals surface area (Å²) in [5.74, 6) is 0. The van der Waals surface area contributed by atoms with E-state index in [0.29, 0.717) is 19.8 Å². The van der Waals surface area contributed by atoms with Gasteiger partial charge >= 0.3 is 0 Å². The Bertz CT molecular complexity index is 1020. The molecule has 0 amide bonds. The first-order chi connectivity index (χ1) is 15.7. The predicted molar refractivity (Wildman–Crippen MR) is 131 cm³/mol. The average molecular weight is 453 g/mol. The van der Waals surface area contributed by atoms with Crippen molar-refractivity contribution >= 4 is 11.4 Å². The van der Waals surface area contributed by atoms with Gasteiger partial charge in [0.2, 0.25) is 0 Å². The Labute approximate surface area is 197 Å². The molecule has 0 N–H and O–H groups in total. The van der Waals surface area contributed by atoms with Gasteiger partial charge in [-0.3, -0.25) is 4.98 Å². The Morgan fingerprint density at radius 1 is 1.03 bits per heavy atom. The number of oxime groups is 2. The van der Waals surface area contributed by atoms with Crippen LogP contribution in [0.1, 0.15) is 73.1 Å². The number of pyridine rings is 2. The minimum atomic E-state index is -0.261. The van der Waals surface area contributed by atoms with Gasteiger partial charge < -0.3 is 14.4 Å². The number of methoxy groups -OCH3 is 1. The van der Waals surface area contributed by atoms with Crippen molar-refractivity contribution in [1.29, 1.82) is 0 Å². The van der Waals surface area contributed by atoms with Gasteiger partial charge in [0.05, 0.1) is 23.7 Å². The highest BCUT2D eigenvalue weighted by atomic mass is 16.6. The van der Waals surface area contributed by atoms with Crippen LogP contribution in [0.5, 0.6) is 0 Å². The lowest BCUT2D eigenvalue weighted by molar-refractivity contribution is -0.000161. The van der Waals surface area contributed by atoms with Crippen LogP contribution in [0.2, 0.25) is 0 Å². The topological polar surface area (TPSA) is 78.2 Å². The van der Waals surface area contributed by atoms with Crippen molar-refractivity contribution < 1.29 is 14.4 Å². The predicted octanol–water partition coefficient (Wildman–Crippen LogP) is 5.07. The molecule has 0 spiro atoms. The average Bonchev–Trinajstić information content (AvgIpc) is 2.73. The third kappa shape index (κ3) is 6.84. The first-order valence-corrected chi connectivity index (χ1v) is 11.5. The molecule has 33 heavy (non-hydrogen) atoms. The minimum Gasteiger partial charge on any atom is -0.395 e. The standard InChI is InChI=1S/C26H36N4O3/c1-17-11-19(3)27-24(12-17)20(4)29-32-15-26(5,6)16-33-30-23-10-8-9-22-18(2)13-21(14-31-7)28-25(22)23/h11-13H,8-10,14-16H2,1-7H3/b29-20+,30-23+. The third-order valence-corrected chi connectivity index (χ3v) is 5.56. The maximum atomic E-state index is 5.78. The molecule has 7 nitrogen and oxygen atoms in total. The van der Waals surface area contributed by atoms with E-state index in [1.165, 1.54) is 11.1 Å². The molecule has 0 radical (unpaired) electrons. The van der Waals surface area contributed by atoms with Gasteiger partial charge in [-0.1, -0.05) is 24.2 Å². The quantitative estimate of drug-likeness (QED) is 0.392. The van der Waals surface area contributed by atoms with E-state index in [-0.39, 0.29) is 5.41 Å². The zero-order valence-corrected chi connectivity index (χ0v) is 21.0. The van der Waals surface area contributed by atoms with Gasteiger partial charge in [-0.15, -0.1) is 0 Å². The molecule has 0 unspecified atom stereocenters. The minimum absolute atomic E-state index is 0.261. The maximum absolute atomic E-state index is 5.78. The summed E-state index contributed by atoms with van der Waals surface area (Å²) in [6.45, 7) is 13.5. The molecule has 0 saturated heterocycles. The summed E-state index contributed by atoms with van der Waals surface area (Å²) in [6.07, 6.45) is 2.93. The van der Waals surface area contributed by atoms with Gasteiger partial charge in [-0.25, -0.2) is 4.98 Å². The molecule has 2 aromatic heterocycles. The monoisotopic (exact) mass is 452 g/mol. The molecule has 1 aliphatic carbocycles. The summed E-state index contributed by atoms with van der Waals surface area (Å²) in [5, 5.41) is 8.74. The lowest BCUT2D eigenvalue weighted by Gasteiger charge is -2.23. The first kappa shape index (κ1) is 24.8. The van der Waals surface area contributed by atoms with Crippen LogP contribution in [0.15, 0.2) is 28.5 Å². The molecule has 0 bridgehead atoms. The van der Waals surface area contributed by atoms with Crippen molar-refractivity contribution in [2.45, 2.75) is 67.4 Å². The smallest absolute Gasteiger partial charge is 0.125 e. The maximum Gasteiger partial charge on any atom is 0.125 e. The van der Waals surface area contributed by atoms with Crippen LogP contribution in [0.4, 0.5) is 0 Å². The Balaban J connectivity index is 1.61. The van der Waals surface area contributed by atoms with Crippen LogP contribution in [0.25, 0.3) is 0 Å². The van der Waals surface area contributed by atoms with E-state index in [1.54, 1.807) is 7.11 Å². The van der Waals surface area contributed by atoms with Crippen molar-refractivity contribution in [3.8, 4) is 0 Å². The second-order valence-corrected chi connectivity index (χ2v) is 9.64. The molecule has 2 heterocycles. The summed E-state index contributed by atoms with van der Waals surface area (Å²) in [6, 6.07) is 6.15. The second kappa shape index (κ2) is 10.9. The number of aromatic nitrogens is 2. The van der Waals surface area contributed by atoms with Crippen molar-refractivity contribution in [1.82, 2.24) is 9.97 Å². The number of aryl methyl sites for hydroxylation is 3. The summed E-state index contributed by atoms with van der Waals surface area (Å²) in [4.78, 5) is 20.7. The lowest BCUT2D eigenvalue weighted by Crippen LogP contribution is -2.25. The first-order valence-electron chi connectivity index (χ1n) is 11.5. The second-order valence-electron chi connectivity index (χ2n) is 9.64. The van der Waals surface area contributed by atoms with Crippen molar-refractivity contribution in [2.24, 2.45) is 15.7 Å². The molecule has 3 rings (SSSR count). The van der Waals surface area contributed by atoms with E-state index in [9.17, 15) is 0 Å². The highest BCUT2D eigenvalue weighted by Crippen LogP contribution is 2.25. The van der Waals surface area contributed by atoms with Gasteiger partial charge in [0.25, 0.3) is 0 Å². The summed E-state index contributed by atoms with van der Waals surface area (Å²) in [5.41, 5.74) is 8.72. The van der Waals surface area contributed by atoms with Crippen molar-refractivity contribution in [2.75, 3.05) is 20.3 Å². The zero-order valence-electron chi connectivity index (χ0n) is 21.0. The van der Waals surface area contributed by atoms with E-state index in [0.717, 1.165) is 59.0 Å². The summed E-state index contributed by atoms with van der Waals surface area (Å²) >= 11 is 0. The molecule has 1 aliphatic rings. The number of hydrogen-bond donors (Lipinski definition) is 0.